The Morgan fingerprint density at radius 3 is 2.67 bits per heavy atom. The fourth-order valence-corrected chi connectivity index (χ4v) is 1.97. The number of nitrogens with zero attached hydrogens (tertiary/aromatic N) is 1. The average Bonchev–Trinajstić information content (AvgIpc) is 2.37. The van der Waals surface area contributed by atoms with E-state index < -0.39 is 0 Å². The minimum atomic E-state index is 0.242. The van der Waals surface area contributed by atoms with Crippen LogP contribution in [-0.4, -0.2) is 11.3 Å². The fourth-order valence-electron chi connectivity index (χ4n) is 1.47. The molecule has 2 N–H and O–H groups in total. The topological polar surface area (TPSA) is 44.6 Å². The highest BCUT2D eigenvalue weighted by molar-refractivity contribution is 14.1. The summed E-state index contributed by atoms with van der Waals surface area (Å²) in [5, 5.41) is 13.9. The van der Waals surface area contributed by atoms with Crippen LogP contribution in [-0.2, 0) is 0 Å². The van der Waals surface area contributed by atoms with Gasteiger partial charge in [0.15, 0.2) is 0 Å². The van der Waals surface area contributed by atoms with Crippen LogP contribution in [0.1, 0.15) is 11.1 Å². The average molecular weight is 352 g/mol. The van der Waals surface area contributed by atoms with Crippen LogP contribution in [0.4, 0.5) is 5.69 Å². The number of aromatic hydroxyl groups is 1. The number of anilines is 1. The largest absolute Gasteiger partial charge is 0.507 e. The molecule has 92 valence electrons. The van der Waals surface area contributed by atoms with Crippen LogP contribution in [0.2, 0.25) is 0 Å². The van der Waals surface area contributed by atoms with E-state index in [-0.39, 0.29) is 5.75 Å². The van der Waals surface area contributed by atoms with E-state index in [0.717, 1.165) is 14.8 Å². The monoisotopic (exact) mass is 352 g/mol. The van der Waals surface area contributed by atoms with Gasteiger partial charge in [0.2, 0.25) is 0 Å². The lowest BCUT2D eigenvalue weighted by atomic mass is 10.1. The van der Waals surface area contributed by atoms with E-state index in [0.29, 0.717) is 5.56 Å². The van der Waals surface area contributed by atoms with Crippen LogP contribution < -0.4 is 5.43 Å². The van der Waals surface area contributed by atoms with Crippen molar-refractivity contribution in [3.05, 3.63) is 57.2 Å². The molecule has 0 aliphatic carbocycles. The quantitative estimate of drug-likeness (QED) is 0.502. The normalized spacial score (nSPS) is 10.8. The third-order valence-electron chi connectivity index (χ3n) is 2.48. The highest BCUT2D eigenvalue weighted by Crippen LogP contribution is 2.22. The molecule has 2 aromatic rings. The summed E-state index contributed by atoms with van der Waals surface area (Å²) in [7, 11) is 0. The molecule has 0 fully saturated rings. The Bertz CT molecular complexity index is 568. The Morgan fingerprint density at radius 1 is 1.22 bits per heavy atom. The summed E-state index contributed by atoms with van der Waals surface area (Å²) in [6.07, 6.45) is 1.62. The number of hydrogen-bond donors (Lipinski definition) is 2. The highest BCUT2D eigenvalue weighted by Gasteiger charge is 2.02. The maximum absolute atomic E-state index is 9.79. The van der Waals surface area contributed by atoms with Gasteiger partial charge in [-0.25, -0.2) is 0 Å². The molecule has 0 aliphatic heterocycles. The molecule has 2 rings (SSSR count). The molecule has 0 heterocycles. The molecule has 0 aliphatic rings. The first-order valence-corrected chi connectivity index (χ1v) is 6.58. The van der Waals surface area contributed by atoms with Gasteiger partial charge in [0.1, 0.15) is 5.75 Å². The van der Waals surface area contributed by atoms with Gasteiger partial charge in [0, 0.05) is 9.13 Å². The van der Waals surface area contributed by atoms with Crippen molar-refractivity contribution >= 4 is 34.5 Å². The molecule has 18 heavy (non-hydrogen) atoms. The lowest BCUT2D eigenvalue weighted by molar-refractivity contribution is 0.474. The molecule has 0 saturated carbocycles. The van der Waals surface area contributed by atoms with Crippen molar-refractivity contribution in [2.24, 2.45) is 5.10 Å². The molecule has 0 saturated heterocycles. The summed E-state index contributed by atoms with van der Waals surface area (Å²) in [6, 6.07) is 13.3. The van der Waals surface area contributed by atoms with Crippen molar-refractivity contribution in [3.8, 4) is 5.75 Å². The number of phenols is 1. The van der Waals surface area contributed by atoms with Crippen LogP contribution in [0.5, 0.6) is 5.75 Å². The van der Waals surface area contributed by atoms with Crippen LogP contribution in [0.3, 0.4) is 0 Å². The van der Waals surface area contributed by atoms with Gasteiger partial charge in [-0.05, 0) is 59.3 Å². The second kappa shape index (κ2) is 5.86. The molecule has 0 amide bonds. The summed E-state index contributed by atoms with van der Waals surface area (Å²) in [5.74, 6) is 0.242. The van der Waals surface area contributed by atoms with E-state index in [9.17, 15) is 5.11 Å². The summed E-state index contributed by atoms with van der Waals surface area (Å²) >= 11 is 2.24. The summed E-state index contributed by atoms with van der Waals surface area (Å²) in [6.45, 7) is 1.96. The van der Waals surface area contributed by atoms with Crippen molar-refractivity contribution in [3.63, 3.8) is 0 Å². The SMILES string of the molecule is Cc1cc(O)c(C=NNc2ccccc2)cc1I. The molecule has 3 nitrogen and oxygen atoms in total. The smallest absolute Gasteiger partial charge is 0.124 e. The minimum absolute atomic E-state index is 0.242. The van der Waals surface area contributed by atoms with E-state index in [2.05, 4.69) is 33.1 Å². The van der Waals surface area contributed by atoms with E-state index in [1.807, 2.05) is 43.3 Å². The van der Waals surface area contributed by atoms with Crippen molar-refractivity contribution in [1.29, 1.82) is 0 Å². The van der Waals surface area contributed by atoms with Gasteiger partial charge in [0.25, 0.3) is 0 Å². The Hall–Kier alpha value is -1.56. The number of aryl methyl sites for hydroxylation is 1. The fraction of sp³-hybridized carbons (Fsp3) is 0.0714. The number of nitrogens with one attached hydrogen (secondary N) is 1. The van der Waals surface area contributed by atoms with Crippen LogP contribution >= 0.6 is 22.6 Å². The Labute approximate surface area is 120 Å². The van der Waals surface area contributed by atoms with E-state index in [1.165, 1.54) is 0 Å². The van der Waals surface area contributed by atoms with Crippen molar-refractivity contribution in [2.75, 3.05) is 5.43 Å². The molecule has 0 atom stereocenters. The first-order valence-electron chi connectivity index (χ1n) is 5.50. The lowest BCUT2D eigenvalue weighted by Gasteiger charge is -2.03. The number of halogens is 1. The predicted molar refractivity (Wildman–Crippen MR) is 83.2 cm³/mol. The second-order valence-electron chi connectivity index (χ2n) is 3.90. The van der Waals surface area contributed by atoms with Crippen LogP contribution in [0.25, 0.3) is 0 Å². The Kier molecular flexibility index (Phi) is 4.19. The summed E-state index contributed by atoms with van der Waals surface area (Å²) < 4.78 is 1.10. The number of benzene rings is 2. The van der Waals surface area contributed by atoms with E-state index in [4.69, 9.17) is 0 Å². The number of rotatable bonds is 3. The van der Waals surface area contributed by atoms with Gasteiger partial charge in [-0.2, -0.15) is 5.10 Å². The molecule has 0 spiro atoms. The molecule has 2 aromatic carbocycles. The first kappa shape index (κ1) is 12.9. The molecule has 0 bridgehead atoms. The lowest BCUT2D eigenvalue weighted by Crippen LogP contribution is -1.92. The van der Waals surface area contributed by atoms with Crippen LogP contribution in [0.15, 0.2) is 47.6 Å². The van der Waals surface area contributed by atoms with Crippen LogP contribution in [0, 0.1) is 10.5 Å². The van der Waals surface area contributed by atoms with Gasteiger partial charge in [-0.1, -0.05) is 18.2 Å². The molecule has 0 unspecified atom stereocenters. The zero-order chi connectivity index (χ0) is 13.0. The third-order valence-corrected chi connectivity index (χ3v) is 3.64. The predicted octanol–water partition coefficient (Wildman–Crippen LogP) is 3.75. The first-order chi connectivity index (χ1) is 8.66. The van der Waals surface area contributed by atoms with Gasteiger partial charge in [-0.15, -0.1) is 0 Å². The van der Waals surface area contributed by atoms with Gasteiger partial charge in [0.05, 0.1) is 11.9 Å². The zero-order valence-corrected chi connectivity index (χ0v) is 12.0. The number of para-hydroxylation sites is 1. The Morgan fingerprint density at radius 2 is 1.94 bits per heavy atom. The van der Waals surface area contributed by atoms with Gasteiger partial charge in [-0.3, -0.25) is 5.43 Å². The number of phenolic OH excluding ortho intramolecular Hbond substituents is 1. The zero-order valence-electron chi connectivity index (χ0n) is 9.89. The second-order valence-corrected chi connectivity index (χ2v) is 5.06. The number of hydrazone groups is 1. The van der Waals surface area contributed by atoms with E-state index in [1.54, 1.807) is 12.3 Å². The maximum Gasteiger partial charge on any atom is 0.124 e. The number of hydrogen-bond acceptors (Lipinski definition) is 3. The van der Waals surface area contributed by atoms with Crippen molar-refractivity contribution in [2.45, 2.75) is 6.92 Å². The standard InChI is InChI=1S/C14H13IN2O/c1-10-7-14(18)11(8-13(10)15)9-16-17-12-5-3-2-4-6-12/h2-9,17-18H,1H3. The molecular formula is C14H13IN2O. The molecular weight excluding hydrogens is 339 g/mol. The van der Waals surface area contributed by atoms with E-state index >= 15 is 0 Å². The van der Waals surface area contributed by atoms with Gasteiger partial charge < -0.3 is 5.11 Å². The maximum atomic E-state index is 9.79. The third kappa shape index (κ3) is 3.22. The van der Waals surface area contributed by atoms with Crippen molar-refractivity contribution in [1.82, 2.24) is 0 Å². The summed E-state index contributed by atoms with van der Waals surface area (Å²) in [4.78, 5) is 0. The van der Waals surface area contributed by atoms with Crippen molar-refractivity contribution < 1.29 is 5.11 Å². The Balaban J connectivity index is 2.12. The summed E-state index contributed by atoms with van der Waals surface area (Å²) in [5.41, 5.74) is 5.58. The highest BCUT2D eigenvalue weighted by atomic mass is 127. The molecule has 0 aromatic heterocycles. The molecule has 4 heteroatoms. The molecule has 0 radical (unpaired) electrons. The van der Waals surface area contributed by atoms with Gasteiger partial charge >= 0.3 is 0 Å². The minimum Gasteiger partial charge on any atom is -0.507 e.